The molecule has 1 nitrogen and oxygen atoms in total. The molecule has 0 spiro atoms. The Morgan fingerprint density at radius 2 is 1.91 bits per heavy atom. The van der Waals surface area contributed by atoms with Crippen molar-refractivity contribution in [2.45, 2.75) is 10.9 Å². The highest BCUT2D eigenvalue weighted by Gasteiger charge is 1.98. The summed E-state index contributed by atoms with van der Waals surface area (Å²) in [4.78, 5) is 0.949. The minimum Gasteiger partial charge on any atom is -0.321 e. The highest BCUT2D eigenvalue weighted by atomic mass is 32.1. The second-order valence-electron chi connectivity index (χ2n) is 2.35. The molecule has 0 unspecified atom stereocenters. The van der Waals surface area contributed by atoms with Crippen LogP contribution < -0.4 is 5.73 Å². The molecule has 0 saturated carbocycles. The van der Waals surface area contributed by atoms with Crippen LogP contribution in [-0.4, -0.2) is 0 Å². The summed E-state index contributed by atoms with van der Waals surface area (Å²) in [6.07, 6.45) is 1.72. The number of hydrogen-bond acceptors (Lipinski definition) is 2. The summed E-state index contributed by atoms with van der Waals surface area (Å²) in [6.45, 7) is 3.62. The largest absolute Gasteiger partial charge is 0.321 e. The molecule has 1 aromatic carbocycles. The smallest absolute Gasteiger partial charge is 0.0478 e. The van der Waals surface area contributed by atoms with Gasteiger partial charge in [0.15, 0.2) is 0 Å². The van der Waals surface area contributed by atoms with Gasteiger partial charge in [0.05, 0.1) is 0 Å². The Kier molecular flexibility index (Phi) is 2.74. The van der Waals surface area contributed by atoms with Gasteiger partial charge in [-0.3, -0.25) is 0 Å². The van der Waals surface area contributed by atoms with E-state index in [0.717, 1.165) is 10.5 Å². The molecule has 0 aliphatic carbocycles. The lowest BCUT2D eigenvalue weighted by Crippen LogP contribution is -2.05. The van der Waals surface area contributed by atoms with Crippen molar-refractivity contribution < 1.29 is 0 Å². The molecule has 0 radical (unpaired) electrons. The summed E-state index contributed by atoms with van der Waals surface area (Å²) in [5.74, 6) is 0. The molecule has 11 heavy (non-hydrogen) atoms. The van der Waals surface area contributed by atoms with Gasteiger partial charge in [-0.2, -0.15) is 0 Å². The Balaban J connectivity index is 2.89. The van der Waals surface area contributed by atoms with Crippen LogP contribution in [0.3, 0.4) is 0 Å². The van der Waals surface area contributed by atoms with Crippen molar-refractivity contribution in [3.05, 3.63) is 42.5 Å². The Labute approximate surface area is 72.3 Å². The third-order valence-corrected chi connectivity index (χ3v) is 1.83. The van der Waals surface area contributed by atoms with Crippen LogP contribution in [0.4, 0.5) is 0 Å². The first-order valence-corrected chi connectivity index (χ1v) is 3.86. The van der Waals surface area contributed by atoms with Crippen molar-refractivity contribution in [2.75, 3.05) is 0 Å². The summed E-state index contributed by atoms with van der Waals surface area (Å²) in [5, 5.41) is 0. The van der Waals surface area contributed by atoms with Crippen LogP contribution in [-0.2, 0) is 0 Å². The molecule has 0 amide bonds. The number of nitrogens with two attached hydrogens (primary N) is 1. The average Bonchev–Trinajstić information content (AvgIpc) is 2.05. The van der Waals surface area contributed by atoms with E-state index in [1.807, 2.05) is 24.3 Å². The SMILES string of the molecule is C=C[C@@H](N)c1ccc(S)cc1. The maximum atomic E-state index is 5.70. The van der Waals surface area contributed by atoms with Gasteiger partial charge in [0.1, 0.15) is 0 Å². The molecule has 2 heteroatoms. The topological polar surface area (TPSA) is 26.0 Å². The predicted octanol–water partition coefficient (Wildman–Crippen LogP) is 2.16. The summed E-state index contributed by atoms with van der Waals surface area (Å²) < 4.78 is 0. The minimum atomic E-state index is -0.0658. The zero-order valence-electron chi connectivity index (χ0n) is 6.20. The van der Waals surface area contributed by atoms with Gasteiger partial charge in [-0.05, 0) is 17.7 Å². The van der Waals surface area contributed by atoms with Gasteiger partial charge >= 0.3 is 0 Å². The van der Waals surface area contributed by atoms with Gasteiger partial charge in [-0.1, -0.05) is 18.2 Å². The second-order valence-corrected chi connectivity index (χ2v) is 2.87. The molecule has 2 N–H and O–H groups in total. The first-order chi connectivity index (χ1) is 5.24. The molecule has 1 rings (SSSR count). The highest BCUT2D eigenvalue weighted by molar-refractivity contribution is 7.80. The maximum absolute atomic E-state index is 5.70. The number of benzene rings is 1. The van der Waals surface area contributed by atoms with Crippen molar-refractivity contribution in [1.29, 1.82) is 0 Å². The van der Waals surface area contributed by atoms with E-state index in [1.54, 1.807) is 6.08 Å². The first kappa shape index (κ1) is 8.37. The Morgan fingerprint density at radius 3 is 2.36 bits per heavy atom. The van der Waals surface area contributed by atoms with E-state index in [4.69, 9.17) is 5.73 Å². The van der Waals surface area contributed by atoms with E-state index in [-0.39, 0.29) is 6.04 Å². The van der Waals surface area contributed by atoms with E-state index >= 15 is 0 Å². The quantitative estimate of drug-likeness (QED) is 0.509. The van der Waals surface area contributed by atoms with Gasteiger partial charge in [0, 0.05) is 10.9 Å². The lowest BCUT2D eigenvalue weighted by molar-refractivity contribution is 0.912. The van der Waals surface area contributed by atoms with Gasteiger partial charge in [0.25, 0.3) is 0 Å². The fourth-order valence-corrected chi connectivity index (χ4v) is 0.982. The second kappa shape index (κ2) is 3.60. The van der Waals surface area contributed by atoms with E-state index < -0.39 is 0 Å². The maximum Gasteiger partial charge on any atom is 0.0478 e. The van der Waals surface area contributed by atoms with Gasteiger partial charge in [0.2, 0.25) is 0 Å². The minimum absolute atomic E-state index is 0.0658. The monoisotopic (exact) mass is 165 g/mol. The molecule has 0 aromatic heterocycles. The molecule has 1 atom stereocenters. The Hall–Kier alpha value is -0.730. The van der Waals surface area contributed by atoms with Crippen LogP contribution in [0.1, 0.15) is 11.6 Å². The molecular weight excluding hydrogens is 154 g/mol. The van der Waals surface area contributed by atoms with E-state index in [2.05, 4.69) is 19.2 Å². The molecule has 1 aromatic rings. The summed E-state index contributed by atoms with van der Waals surface area (Å²) in [5.41, 5.74) is 6.77. The number of rotatable bonds is 2. The van der Waals surface area contributed by atoms with Crippen LogP contribution >= 0.6 is 12.6 Å². The zero-order chi connectivity index (χ0) is 8.27. The van der Waals surface area contributed by atoms with Crippen molar-refractivity contribution in [1.82, 2.24) is 0 Å². The van der Waals surface area contributed by atoms with Gasteiger partial charge < -0.3 is 5.73 Å². The summed E-state index contributed by atoms with van der Waals surface area (Å²) in [7, 11) is 0. The predicted molar refractivity (Wildman–Crippen MR) is 50.8 cm³/mol. The van der Waals surface area contributed by atoms with Gasteiger partial charge in [-0.25, -0.2) is 0 Å². The summed E-state index contributed by atoms with van der Waals surface area (Å²) in [6, 6.07) is 7.68. The first-order valence-electron chi connectivity index (χ1n) is 3.41. The van der Waals surface area contributed by atoms with Crippen LogP contribution in [0.5, 0.6) is 0 Å². The number of thiol groups is 1. The molecule has 0 saturated heterocycles. The molecule has 58 valence electrons. The standard InChI is InChI=1S/C9H11NS/c1-2-9(10)7-3-5-8(11)6-4-7/h2-6,9,11H,1,10H2/t9-/m1/s1. The zero-order valence-corrected chi connectivity index (χ0v) is 7.09. The van der Waals surface area contributed by atoms with E-state index in [0.29, 0.717) is 0 Å². The van der Waals surface area contributed by atoms with Crippen LogP contribution in [0.15, 0.2) is 41.8 Å². The Morgan fingerprint density at radius 1 is 1.36 bits per heavy atom. The molecule has 0 bridgehead atoms. The third-order valence-electron chi connectivity index (χ3n) is 1.53. The average molecular weight is 165 g/mol. The van der Waals surface area contributed by atoms with Crippen molar-refractivity contribution in [2.24, 2.45) is 5.73 Å². The third kappa shape index (κ3) is 2.10. The van der Waals surface area contributed by atoms with E-state index in [9.17, 15) is 0 Å². The lowest BCUT2D eigenvalue weighted by atomic mass is 10.1. The molecule has 0 aliphatic heterocycles. The fraction of sp³-hybridized carbons (Fsp3) is 0.111. The molecule has 0 aliphatic rings. The van der Waals surface area contributed by atoms with Gasteiger partial charge in [-0.15, -0.1) is 19.2 Å². The van der Waals surface area contributed by atoms with Crippen LogP contribution in [0.2, 0.25) is 0 Å². The number of hydrogen-bond donors (Lipinski definition) is 2. The molecular formula is C9H11NS. The fourth-order valence-electron chi connectivity index (χ4n) is 0.833. The summed E-state index contributed by atoms with van der Waals surface area (Å²) >= 11 is 4.16. The Bertz CT molecular complexity index is 240. The van der Waals surface area contributed by atoms with Crippen LogP contribution in [0, 0.1) is 0 Å². The molecule has 0 fully saturated rings. The highest BCUT2D eigenvalue weighted by Crippen LogP contribution is 2.13. The molecule has 0 heterocycles. The van der Waals surface area contributed by atoms with Crippen molar-refractivity contribution in [3.63, 3.8) is 0 Å². The van der Waals surface area contributed by atoms with Crippen molar-refractivity contribution in [3.8, 4) is 0 Å². The normalized spacial score (nSPS) is 12.5. The lowest BCUT2D eigenvalue weighted by Gasteiger charge is -2.05. The van der Waals surface area contributed by atoms with Crippen LogP contribution in [0.25, 0.3) is 0 Å². The van der Waals surface area contributed by atoms with E-state index in [1.165, 1.54) is 0 Å². The van der Waals surface area contributed by atoms with Crippen molar-refractivity contribution >= 4 is 12.6 Å².